The molecule has 0 saturated carbocycles. The number of ether oxygens (including phenoxy) is 1. The molecule has 1 fully saturated rings. The van der Waals surface area contributed by atoms with Crippen LogP contribution in [-0.2, 0) is 11.2 Å². The van der Waals surface area contributed by atoms with Crippen molar-refractivity contribution in [2.45, 2.75) is 6.42 Å². The van der Waals surface area contributed by atoms with Gasteiger partial charge in [-0.1, -0.05) is 42.5 Å². The highest BCUT2D eigenvalue weighted by molar-refractivity contribution is 6.07. The topological polar surface area (TPSA) is 114 Å². The molecule has 2 aromatic rings. The van der Waals surface area contributed by atoms with Crippen molar-refractivity contribution in [3.05, 3.63) is 77.9 Å². The Kier molecular flexibility index (Phi) is 10.0. The highest BCUT2D eigenvalue weighted by Gasteiger charge is 2.22. The highest BCUT2D eigenvalue weighted by Crippen LogP contribution is 2.34. The Hall–Kier alpha value is -3.42. The predicted molar refractivity (Wildman–Crippen MR) is 129 cm³/mol. The zero-order valence-electron chi connectivity index (χ0n) is 18.0. The lowest BCUT2D eigenvalue weighted by Crippen LogP contribution is -2.34. The number of rotatable bonds is 8. The zero-order chi connectivity index (χ0) is 22.5. The van der Waals surface area contributed by atoms with Gasteiger partial charge < -0.3 is 30.9 Å². The lowest BCUT2D eigenvalue weighted by atomic mass is 10.1. The first kappa shape index (κ1) is 23.9. The van der Waals surface area contributed by atoms with Crippen LogP contribution in [-0.4, -0.2) is 51.2 Å². The van der Waals surface area contributed by atoms with Crippen molar-refractivity contribution in [1.29, 1.82) is 5.41 Å². The molecule has 7 nitrogen and oxygen atoms in total. The third-order valence-electron chi connectivity index (χ3n) is 4.67. The molecule has 0 bridgehead atoms. The molecule has 1 aromatic carbocycles. The van der Waals surface area contributed by atoms with Gasteiger partial charge in [0.25, 0.3) is 0 Å². The Morgan fingerprint density at radius 1 is 1.23 bits per heavy atom. The number of nitrogens with one attached hydrogen (secondary N) is 1. The maximum Gasteiger partial charge on any atom is 0.176 e. The maximum absolute atomic E-state index is 7.52. The molecule has 0 atom stereocenters. The lowest BCUT2D eigenvalue weighted by Gasteiger charge is -2.30. The van der Waals surface area contributed by atoms with Crippen molar-refractivity contribution in [1.82, 2.24) is 4.90 Å². The largest absolute Gasteiger partial charge is 0.452 e. The van der Waals surface area contributed by atoms with Crippen LogP contribution < -0.4 is 11.5 Å². The van der Waals surface area contributed by atoms with Gasteiger partial charge in [-0.3, -0.25) is 4.99 Å². The Labute approximate surface area is 183 Å². The van der Waals surface area contributed by atoms with Crippen LogP contribution in [0.1, 0.15) is 17.1 Å². The summed E-state index contributed by atoms with van der Waals surface area (Å²) in [5.74, 6) is 1.11. The number of nitrogens with two attached hydrogens (primary N) is 2. The van der Waals surface area contributed by atoms with Gasteiger partial charge in [0, 0.05) is 31.6 Å². The normalized spacial score (nSPS) is 14.8. The van der Waals surface area contributed by atoms with Crippen molar-refractivity contribution in [2.24, 2.45) is 16.5 Å². The molecule has 31 heavy (non-hydrogen) atoms. The summed E-state index contributed by atoms with van der Waals surface area (Å²) in [5.41, 5.74) is 13.4. The van der Waals surface area contributed by atoms with Crippen LogP contribution in [0, 0.1) is 5.41 Å². The minimum Gasteiger partial charge on any atom is -0.452 e. The van der Waals surface area contributed by atoms with Gasteiger partial charge in [-0.25, -0.2) is 0 Å². The Balaban J connectivity index is 0.00000166. The number of morpholine rings is 1. The van der Waals surface area contributed by atoms with Gasteiger partial charge in [-0.05, 0) is 31.8 Å². The van der Waals surface area contributed by atoms with Crippen molar-refractivity contribution >= 4 is 29.9 Å². The zero-order valence-corrected chi connectivity index (χ0v) is 18.0. The van der Waals surface area contributed by atoms with E-state index < -0.39 is 0 Å². The van der Waals surface area contributed by atoms with E-state index in [1.165, 1.54) is 18.8 Å². The van der Waals surface area contributed by atoms with E-state index in [4.69, 9.17) is 20.3 Å². The van der Waals surface area contributed by atoms with Gasteiger partial charge in [0.1, 0.15) is 11.4 Å². The summed E-state index contributed by atoms with van der Waals surface area (Å²) in [6.07, 6.45) is 9.53. The minimum absolute atomic E-state index is 0.488. The molecule has 3 rings (SSSR count). The van der Waals surface area contributed by atoms with Crippen LogP contribution >= 0.6 is 0 Å². The molecule has 0 unspecified atom stereocenters. The Morgan fingerprint density at radius 3 is 2.55 bits per heavy atom. The summed E-state index contributed by atoms with van der Waals surface area (Å²) in [5, 5.41) is 7.52. The van der Waals surface area contributed by atoms with Crippen LogP contribution in [0.2, 0.25) is 0 Å². The first-order valence-electron chi connectivity index (χ1n) is 10.1. The quantitative estimate of drug-likeness (QED) is 0.445. The Bertz CT molecular complexity index is 923. The molecule has 5 N–H and O–H groups in total. The summed E-state index contributed by atoms with van der Waals surface area (Å²) < 4.78 is 11.6. The molecule has 1 aromatic heterocycles. The third kappa shape index (κ3) is 6.53. The monoisotopic (exact) mass is 421 g/mol. The number of hydrogen-bond acceptors (Lipinski definition) is 7. The smallest absolute Gasteiger partial charge is 0.176 e. The number of allylic oxidation sites excluding steroid dienone is 4. The predicted octanol–water partition coefficient (Wildman–Crippen LogP) is 3.61. The molecule has 0 radical (unpaired) electrons. The van der Waals surface area contributed by atoms with E-state index in [0.29, 0.717) is 36.0 Å². The minimum atomic E-state index is 0.488. The van der Waals surface area contributed by atoms with E-state index in [0.717, 1.165) is 31.4 Å². The van der Waals surface area contributed by atoms with Crippen molar-refractivity contribution in [3.63, 3.8) is 0 Å². The number of aliphatic imine (C=N–C) groups is 1. The van der Waals surface area contributed by atoms with Crippen molar-refractivity contribution < 1.29 is 9.15 Å². The standard InChI is InChI=1S/C23H26N4O2.CH5N/c1-26-20-15-22(19(16-24)17-25)29-23(20)21(27-11-13-28-14-12-27)10-6-5-9-18-7-3-2-4-8-18;1-2/h2-8,10,15-17,24H,1,9,11-14,25H2;2H2,1H3/b6-5-,19-17+,21-10+,24-16?;. The molecule has 1 saturated heterocycles. The van der Waals surface area contributed by atoms with Crippen molar-refractivity contribution in [3.8, 4) is 0 Å². The first-order chi connectivity index (χ1) is 15.3. The van der Waals surface area contributed by atoms with E-state index in [-0.39, 0.29) is 0 Å². The molecular formula is C24H31N5O2. The van der Waals surface area contributed by atoms with Gasteiger partial charge in [0.15, 0.2) is 5.76 Å². The maximum atomic E-state index is 7.52. The molecule has 164 valence electrons. The molecule has 1 aliphatic heterocycles. The van der Waals surface area contributed by atoms with Gasteiger partial charge in [0.2, 0.25) is 0 Å². The number of nitrogens with zero attached hydrogens (tertiary/aromatic N) is 2. The van der Waals surface area contributed by atoms with E-state index >= 15 is 0 Å². The number of benzene rings is 1. The number of furan rings is 1. The summed E-state index contributed by atoms with van der Waals surface area (Å²) in [4.78, 5) is 6.34. The average Bonchev–Trinajstić information content (AvgIpc) is 3.26. The molecule has 7 heteroatoms. The second-order valence-electron chi connectivity index (χ2n) is 6.52. The molecule has 1 aliphatic rings. The van der Waals surface area contributed by atoms with Crippen LogP contribution in [0.4, 0.5) is 5.69 Å². The van der Waals surface area contributed by atoms with E-state index in [9.17, 15) is 0 Å². The third-order valence-corrected chi connectivity index (χ3v) is 4.67. The second kappa shape index (κ2) is 13.0. The highest BCUT2D eigenvalue weighted by atomic mass is 16.5. The summed E-state index contributed by atoms with van der Waals surface area (Å²) in [7, 11) is 1.50. The summed E-state index contributed by atoms with van der Waals surface area (Å²) in [6, 6.07) is 12.1. The molecule has 0 spiro atoms. The van der Waals surface area contributed by atoms with E-state index in [1.54, 1.807) is 6.07 Å². The van der Waals surface area contributed by atoms with Crippen LogP contribution in [0.15, 0.2) is 70.2 Å². The SMILES string of the molecule is C=Nc1cc(/C(C=N)=C/N)oc1/C(=C\C=C/Cc1ccccc1)N1CCOCC1.CN. The molecule has 0 aliphatic carbocycles. The molecular weight excluding hydrogens is 390 g/mol. The fourth-order valence-electron chi connectivity index (χ4n) is 3.13. The van der Waals surface area contributed by atoms with Crippen LogP contribution in [0.25, 0.3) is 11.3 Å². The second-order valence-corrected chi connectivity index (χ2v) is 6.52. The fraction of sp³-hybridized carbons (Fsp3) is 0.250. The molecule has 0 amide bonds. The Morgan fingerprint density at radius 2 is 1.94 bits per heavy atom. The fourth-order valence-corrected chi connectivity index (χ4v) is 3.13. The summed E-state index contributed by atoms with van der Waals surface area (Å²) in [6.45, 7) is 6.50. The van der Waals surface area contributed by atoms with Crippen molar-refractivity contribution in [2.75, 3.05) is 33.4 Å². The van der Waals surface area contributed by atoms with E-state index in [2.05, 4.69) is 40.6 Å². The van der Waals surface area contributed by atoms with Crippen LogP contribution in [0.3, 0.4) is 0 Å². The van der Waals surface area contributed by atoms with Gasteiger partial charge in [-0.2, -0.15) is 0 Å². The van der Waals surface area contributed by atoms with Gasteiger partial charge in [-0.15, -0.1) is 0 Å². The van der Waals surface area contributed by atoms with E-state index in [1.807, 2.05) is 30.4 Å². The average molecular weight is 422 g/mol. The summed E-state index contributed by atoms with van der Waals surface area (Å²) >= 11 is 0. The molecule has 2 heterocycles. The first-order valence-corrected chi connectivity index (χ1v) is 10.1. The van der Waals surface area contributed by atoms with Gasteiger partial charge >= 0.3 is 0 Å². The lowest BCUT2D eigenvalue weighted by molar-refractivity contribution is 0.0633. The number of hydrogen-bond donors (Lipinski definition) is 3. The van der Waals surface area contributed by atoms with Crippen LogP contribution in [0.5, 0.6) is 0 Å². The van der Waals surface area contributed by atoms with Gasteiger partial charge in [0.05, 0.1) is 24.5 Å².